The lowest BCUT2D eigenvalue weighted by Crippen LogP contribution is -2.25. The number of alkyl halides is 3. The molecule has 1 saturated carbocycles. The number of amides is 1. The Hall–Kier alpha value is -1.56. The summed E-state index contributed by atoms with van der Waals surface area (Å²) in [5.74, 6) is -0.286. The van der Waals surface area contributed by atoms with Gasteiger partial charge >= 0.3 is 6.18 Å². The van der Waals surface area contributed by atoms with Crippen LogP contribution in [0.5, 0.6) is 0 Å². The zero-order chi connectivity index (χ0) is 15.5. The van der Waals surface area contributed by atoms with Gasteiger partial charge in [-0.2, -0.15) is 13.2 Å². The molecule has 1 aromatic carbocycles. The summed E-state index contributed by atoms with van der Waals surface area (Å²) in [4.78, 5) is 12.1. The Balaban J connectivity index is 2.15. The fourth-order valence-corrected chi connectivity index (χ4v) is 2.71. The van der Waals surface area contributed by atoms with Crippen molar-refractivity contribution < 1.29 is 18.0 Å². The summed E-state index contributed by atoms with van der Waals surface area (Å²) in [5, 5.41) is 2.60. The Morgan fingerprint density at radius 3 is 2.48 bits per heavy atom. The van der Waals surface area contributed by atoms with Crippen LogP contribution >= 0.6 is 0 Å². The second kappa shape index (κ2) is 6.47. The van der Waals surface area contributed by atoms with Crippen LogP contribution in [0, 0.1) is 5.92 Å². The quantitative estimate of drug-likeness (QED) is 0.894. The van der Waals surface area contributed by atoms with E-state index >= 15 is 0 Å². The van der Waals surface area contributed by atoms with Gasteiger partial charge in [-0.05, 0) is 30.5 Å². The van der Waals surface area contributed by atoms with Crippen molar-refractivity contribution in [2.75, 3.05) is 5.32 Å². The maximum atomic E-state index is 12.9. The summed E-state index contributed by atoms with van der Waals surface area (Å²) < 4.78 is 38.8. The van der Waals surface area contributed by atoms with Gasteiger partial charge in [0.1, 0.15) is 0 Å². The second-order valence-electron chi connectivity index (χ2n) is 5.40. The largest absolute Gasteiger partial charge is 0.416 e. The number of benzene rings is 1. The molecule has 6 heteroatoms. The zero-order valence-electron chi connectivity index (χ0n) is 11.7. The van der Waals surface area contributed by atoms with Crippen LogP contribution in [0.1, 0.15) is 43.2 Å². The lowest BCUT2D eigenvalue weighted by atomic mass is 9.88. The number of carbonyl (C=O) groups excluding carboxylic acids is 1. The summed E-state index contributed by atoms with van der Waals surface area (Å²) in [6.45, 7) is -0.189. The predicted octanol–water partition coefficient (Wildman–Crippen LogP) is 3.68. The van der Waals surface area contributed by atoms with Crippen molar-refractivity contribution in [1.29, 1.82) is 0 Å². The number of hydrogen-bond donors (Lipinski definition) is 2. The van der Waals surface area contributed by atoms with Crippen LogP contribution in [0.4, 0.5) is 18.9 Å². The number of nitrogens with two attached hydrogens (primary N) is 1. The molecule has 1 fully saturated rings. The van der Waals surface area contributed by atoms with Crippen LogP contribution in [-0.4, -0.2) is 5.91 Å². The molecule has 1 aliphatic carbocycles. The highest BCUT2D eigenvalue weighted by molar-refractivity contribution is 5.92. The highest BCUT2D eigenvalue weighted by Gasteiger charge is 2.33. The minimum absolute atomic E-state index is 0.0261. The minimum Gasteiger partial charge on any atom is -0.326 e. The van der Waals surface area contributed by atoms with Crippen molar-refractivity contribution in [3.8, 4) is 0 Å². The zero-order valence-corrected chi connectivity index (χ0v) is 11.7. The maximum absolute atomic E-state index is 12.9. The fraction of sp³-hybridized carbons (Fsp3) is 0.533. The van der Waals surface area contributed by atoms with Crippen LogP contribution < -0.4 is 11.1 Å². The van der Waals surface area contributed by atoms with E-state index < -0.39 is 11.7 Å². The molecule has 0 radical (unpaired) electrons. The summed E-state index contributed by atoms with van der Waals surface area (Å²) in [6, 6.07) is 3.75. The monoisotopic (exact) mass is 300 g/mol. The molecule has 0 aromatic heterocycles. The number of halogens is 3. The van der Waals surface area contributed by atoms with E-state index in [9.17, 15) is 18.0 Å². The molecule has 3 N–H and O–H groups in total. The molecular formula is C15H19F3N2O. The predicted molar refractivity (Wildman–Crippen MR) is 74.5 cm³/mol. The third kappa shape index (κ3) is 3.97. The van der Waals surface area contributed by atoms with E-state index in [1.165, 1.54) is 12.1 Å². The number of hydrogen-bond acceptors (Lipinski definition) is 2. The first-order chi connectivity index (χ1) is 9.91. The van der Waals surface area contributed by atoms with Crippen LogP contribution in [-0.2, 0) is 17.5 Å². The topological polar surface area (TPSA) is 55.1 Å². The molecule has 21 heavy (non-hydrogen) atoms. The van der Waals surface area contributed by atoms with Gasteiger partial charge in [0.05, 0.1) is 5.56 Å². The van der Waals surface area contributed by atoms with E-state index in [4.69, 9.17) is 5.73 Å². The van der Waals surface area contributed by atoms with Gasteiger partial charge in [-0.1, -0.05) is 25.3 Å². The summed E-state index contributed by atoms with van der Waals surface area (Å²) in [6.07, 6.45) is 0.251. The van der Waals surface area contributed by atoms with Crippen LogP contribution in [0.3, 0.4) is 0 Å². The third-order valence-electron chi connectivity index (χ3n) is 3.88. The summed E-state index contributed by atoms with van der Waals surface area (Å²) >= 11 is 0. The number of nitrogens with one attached hydrogen (secondary N) is 1. The molecule has 0 spiro atoms. The highest BCUT2D eigenvalue weighted by atomic mass is 19.4. The van der Waals surface area contributed by atoms with Crippen LogP contribution in [0.15, 0.2) is 18.2 Å². The molecule has 3 nitrogen and oxygen atoms in total. The first-order valence-electron chi connectivity index (χ1n) is 7.13. The standard InChI is InChI=1S/C15H19F3N2O/c16-15(17,18)13-8-12(7-6-11(13)9-19)20-14(21)10-4-2-1-3-5-10/h6-8,10H,1-5,9,19H2,(H,20,21). The van der Waals surface area contributed by atoms with Crippen LogP contribution in [0.25, 0.3) is 0 Å². The number of anilines is 1. The van der Waals surface area contributed by atoms with Crippen molar-refractivity contribution >= 4 is 11.6 Å². The Morgan fingerprint density at radius 1 is 1.24 bits per heavy atom. The maximum Gasteiger partial charge on any atom is 0.416 e. The second-order valence-corrected chi connectivity index (χ2v) is 5.40. The fourth-order valence-electron chi connectivity index (χ4n) is 2.71. The van der Waals surface area contributed by atoms with Gasteiger partial charge in [-0.25, -0.2) is 0 Å². The Kier molecular flexibility index (Phi) is 4.88. The highest BCUT2D eigenvalue weighted by Crippen LogP contribution is 2.34. The van der Waals surface area contributed by atoms with Gasteiger partial charge in [0, 0.05) is 18.2 Å². The molecule has 0 heterocycles. The average Bonchev–Trinajstić information content (AvgIpc) is 2.47. The van der Waals surface area contributed by atoms with E-state index in [0.717, 1.165) is 38.2 Å². The van der Waals surface area contributed by atoms with Crippen molar-refractivity contribution in [2.24, 2.45) is 11.7 Å². The number of rotatable bonds is 3. The van der Waals surface area contributed by atoms with Crippen molar-refractivity contribution in [1.82, 2.24) is 0 Å². The number of carbonyl (C=O) groups is 1. The molecule has 0 saturated heterocycles. The van der Waals surface area contributed by atoms with Crippen molar-refractivity contribution in [2.45, 2.75) is 44.8 Å². The van der Waals surface area contributed by atoms with E-state index in [2.05, 4.69) is 5.32 Å². The minimum atomic E-state index is -4.47. The van der Waals surface area contributed by atoms with Gasteiger partial charge in [0.15, 0.2) is 0 Å². The van der Waals surface area contributed by atoms with Gasteiger partial charge in [-0.15, -0.1) is 0 Å². The molecule has 2 rings (SSSR count). The van der Waals surface area contributed by atoms with Crippen LogP contribution in [0.2, 0.25) is 0 Å². The molecule has 0 atom stereocenters. The Morgan fingerprint density at radius 2 is 1.90 bits per heavy atom. The van der Waals surface area contributed by atoms with Gasteiger partial charge in [0.2, 0.25) is 5.91 Å². The summed E-state index contributed by atoms with van der Waals surface area (Å²) in [7, 11) is 0. The Bertz CT molecular complexity index is 508. The van der Waals surface area contributed by atoms with Crippen molar-refractivity contribution in [3.63, 3.8) is 0 Å². The SMILES string of the molecule is NCc1ccc(NC(=O)C2CCCCC2)cc1C(F)(F)F. The average molecular weight is 300 g/mol. The van der Waals surface area contributed by atoms with E-state index in [-0.39, 0.29) is 29.6 Å². The molecular weight excluding hydrogens is 281 g/mol. The molecule has 0 aliphatic heterocycles. The van der Waals surface area contributed by atoms with E-state index in [0.29, 0.717) is 0 Å². The van der Waals surface area contributed by atoms with Gasteiger partial charge < -0.3 is 11.1 Å². The molecule has 0 unspecified atom stereocenters. The Labute approximate surface area is 121 Å². The lowest BCUT2D eigenvalue weighted by Gasteiger charge is -2.21. The molecule has 116 valence electrons. The molecule has 1 aromatic rings. The third-order valence-corrected chi connectivity index (χ3v) is 3.88. The van der Waals surface area contributed by atoms with E-state index in [1.807, 2.05) is 0 Å². The molecule has 1 amide bonds. The van der Waals surface area contributed by atoms with Gasteiger partial charge in [-0.3, -0.25) is 4.79 Å². The normalized spacial score (nSPS) is 16.8. The molecule has 0 bridgehead atoms. The molecule has 1 aliphatic rings. The first kappa shape index (κ1) is 15.8. The van der Waals surface area contributed by atoms with E-state index in [1.54, 1.807) is 0 Å². The summed E-state index contributed by atoms with van der Waals surface area (Å²) in [5.41, 5.74) is 4.74. The van der Waals surface area contributed by atoms with Gasteiger partial charge in [0.25, 0.3) is 0 Å². The smallest absolute Gasteiger partial charge is 0.326 e. The first-order valence-corrected chi connectivity index (χ1v) is 7.13. The van der Waals surface area contributed by atoms with Crippen molar-refractivity contribution in [3.05, 3.63) is 29.3 Å². The lowest BCUT2D eigenvalue weighted by molar-refractivity contribution is -0.138.